The van der Waals surface area contributed by atoms with Gasteiger partial charge in [0.2, 0.25) is 10.1 Å². The molecule has 0 aromatic carbocycles. The molecule has 2 rings (SSSR count). The standard InChI is InChI=1S/C13H22N4OS2/c1-13(2,3)10-7-17-12(15-10)20-11(16-17)14-9(5-6-18)8-19-4/h7,9,18H,5-6,8H2,1-4H3,(H,14,16). The monoisotopic (exact) mass is 314 g/mol. The molecular formula is C13H22N4OS2. The van der Waals surface area contributed by atoms with Gasteiger partial charge in [0.1, 0.15) is 0 Å². The summed E-state index contributed by atoms with van der Waals surface area (Å²) < 4.78 is 1.84. The molecule has 1 unspecified atom stereocenters. The van der Waals surface area contributed by atoms with E-state index >= 15 is 0 Å². The second-order valence-corrected chi connectivity index (χ2v) is 7.69. The van der Waals surface area contributed by atoms with E-state index in [4.69, 9.17) is 5.11 Å². The number of aliphatic hydroxyl groups is 1. The first-order valence-electron chi connectivity index (χ1n) is 6.67. The number of thioether (sulfide) groups is 1. The van der Waals surface area contributed by atoms with Crippen LogP contribution < -0.4 is 5.32 Å². The minimum atomic E-state index is 0.0410. The summed E-state index contributed by atoms with van der Waals surface area (Å²) in [6.07, 6.45) is 4.79. The molecule has 5 nitrogen and oxygen atoms in total. The quantitative estimate of drug-likeness (QED) is 0.858. The third-order valence-electron chi connectivity index (χ3n) is 2.98. The molecular weight excluding hydrogens is 292 g/mol. The van der Waals surface area contributed by atoms with Crippen molar-refractivity contribution in [1.82, 2.24) is 14.6 Å². The summed E-state index contributed by atoms with van der Waals surface area (Å²) in [5, 5.41) is 17.8. The highest BCUT2D eigenvalue weighted by Crippen LogP contribution is 2.26. The lowest BCUT2D eigenvalue weighted by Gasteiger charge is -2.15. The number of anilines is 1. The summed E-state index contributed by atoms with van der Waals surface area (Å²) in [6.45, 7) is 6.63. The minimum absolute atomic E-state index is 0.0410. The predicted octanol–water partition coefficient (Wildman–Crippen LogP) is 2.61. The second-order valence-electron chi connectivity index (χ2n) is 5.82. The maximum absolute atomic E-state index is 9.08. The van der Waals surface area contributed by atoms with Crippen molar-refractivity contribution in [3.05, 3.63) is 11.9 Å². The molecule has 1 atom stereocenters. The van der Waals surface area contributed by atoms with Gasteiger partial charge in [-0.05, 0) is 12.7 Å². The van der Waals surface area contributed by atoms with Crippen molar-refractivity contribution in [2.45, 2.75) is 38.6 Å². The Morgan fingerprint density at radius 2 is 2.25 bits per heavy atom. The van der Waals surface area contributed by atoms with Gasteiger partial charge in [0, 0.05) is 23.8 Å². The summed E-state index contributed by atoms with van der Waals surface area (Å²) >= 11 is 3.32. The van der Waals surface area contributed by atoms with Gasteiger partial charge in [0.25, 0.3) is 0 Å². The number of fused-ring (bicyclic) bond motifs is 1. The molecule has 2 aromatic rings. The maximum atomic E-state index is 9.08. The average molecular weight is 314 g/mol. The highest BCUT2D eigenvalue weighted by Gasteiger charge is 2.19. The van der Waals surface area contributed by atoms with Crippen molar-refractivity contribution >= 4 is 33.2 Å². The van der Waals surface area contributed by atoms with E-state index in [1.165, 1.54) is 0 Å². The first-order valence-corrected chi connectivity index (χ1v) is 8.88. The number of nitrogens with zero attached hydrogens (tertiary/aromatic N) is 3. The predicted molar refractivity (Wildman–Crippen MR) is 87.1 cm³/mol. The highest BCUT2D eigenvalue weighted by atomic mass is 32.2. The molecule has 2 N–H and O–H groups in total. The maximum Gasteiger partial charge on any atom is 0.214 e. The van der Waals surface area contributed by atoms with E-state index < -0.39 is 0 Å². The van der Waals surface area contributed by atoms with Crippen molar-refractivity contribution < 1.29 is 5.11 Å². The Hall–Kier alpha value is -0.790. The van der Waals surface area contributed by atoms with Gasteiger partial charge in [-0.2, -0.15) is 11.8 Å². The lowest BCUT2D eigenvalue weighted by atomic mass is 9.93. The summed E-state index contributed by atoms with van der Waals surface area (Å²) in [7, 11) is 0. The van der Waals surface area contributed by atoms with Gasteiger partial charge in [-0.15, -0.1) is 5.10 Å². The third-order valence-corrected chi connectivity index (χ3v) is 4.57. The largest absolute Gasteiger partial charge is 0.396 e. The van der Waals surface area contributed by atoms with Gasteiger partial charge >= 0.3 is 0 Å². The summed E-state index contributed by atoms with van der Waals surface area (Å²) in [6, 6.07) is 0.243. The van der Waals surface area contributed by atoms with Crippen LogP contribution in [-0.2, 0) is 5.41 Å². The lowest BCUT2D eigenvalue weighted by molar-refractivity contribution is 0.282. The fraction of sp³-hybridized carbons (Fsp3) is 0.692. The van der Waals surface area contributed by atoms with Gasteiger partial charge in [-0.1, -0.05) is 32.1 Å². The van der Waals surface area contributed by atoms with Gasteiger partial charge in [0.05, 0.1) is 11.9 Å². The second kappa shape index (κ2) is 6.32. The SMILES string of the molecule is CSCC(CCO)Nc1nn2cc(C(C)(C)C)nc2s1. The molecule has 0 radical (unpaired) electrons. The molecule has 2 aromatic heterocycles. The number of hydrogen-bond acceptors (Lipinski definition) is 6. The molecule has 0 amide bonds. The van der Waals surface area contributed by atoms with Crippen LogP contribution >= 0.6 is 23.1 Å². The fourth-order valence-electron chi connectivity index (χ4n) is 1.85. The highest BCUT2D eigenvalue weighted by molar-refractivity contribution is 7.98. The molecule has 7 heteroatoms. The first kappa shape index (κ1) is 15.6. The fourth-order valence-corrected chi connectivity index (χ4v) is 3.36. The van der Waals surface area contributed by atoms with Crippen molar-refractivity contribution in [2.75, 3.05) is 23.9 Å². The van der Waals surface area contributed by atoms with E-state index in [1.807, 2.05) is 10.7 Å². The first-order chi connectivity index (χ1) is 9.44. The van der Waals surface area contributed by atoms with E-state index in [0.717, 1.165) is 28.0 Å². The van der Waals surface area contributed by atoms with Crippen LogP contribution in [0.4, 0.5) is 5.13 Å². The van der Waals surface area contributed by atoms with Crippen LogP contribution in [0.2, 0.25) is 0 Å². The Morgan fingerprint density at radius 3 is 2.80 bits per heavy atom. The molecule has 0 spiro atoms. The Labute approximate surface area is 127 Å². The number of aliphatic hydroxyl groups excluding tert-OH is 1. The summed E-state index contributed by atoms with van der Waals surface area (Å²) in [4.78, 5) is 5.54. The molecule has 20 heavy (non-hydrogen) atoms. The summed E-state index contributed by atoms with van der Waals surface area (Å²) in [5.41, 5.74) is 1.10. The zero-order chi connectivity index (χ0) is 14.8. The molecule has 112 valence electrons. The van der Waals surface area contributed by atoms with Gasteiger partial charge in [0.15, 0.2) is 0 Å². The van der Waals surface area contributed by atoms with Crippen LogP contribution in [0, 0.1) is 0 Å². The number of aromatic nitrogens is 3. The van der Waals surface area contributed by atoms with Crippen LogP contribution in [-0.4, -0.2) is 44.4 Å². The number of hydrogen-bond donors (Lipinski definition) is 2. The van der Waals surface area contributed by atoms with Crippen LogP contribution in [0.25, 0.3) is 4.96 Å². The van der Waals surface area contributed by atoms with Crippen molar-refractivity contribution in [1.29, 1.82) is 0 Å². The number of nitrogens with one attached hydrogen (secondary N) is 1. The van der Waals surface area contributed by atoms with Gasteiger partial charge in [-0.25, -0.2) is 9.50 Å². The topological polar surface area (TPSA) is 62.5 Å². The van der Waals surface area contributed by atoms with E-state index in [1.54, 1.807) is 23.1 Å². The molecule has 0 aliphatic carbocycles. The van der Waals surface area contributed by atoms with E-state index in [-0.39, 0.29) is 18.1 Å². The Balaban J connectivity index is 2.14. The molecule has 2 heterocycles. The minimum Gasteiger partial charge on any atom is -0.396 e. The molecule has 0 aliphatic heterocycles. The Kier molecular flexibility index (Phi) is 4.93. The molecule has 0 saturated heterocycles. The molecule has 0 saturated carbocycles. The van der Waals surface area contributed by atoms with Crippen molar-refractivity contribution in [3.63, 3.8) is 0 Å². The van der Waals surface area contributed by atoms with Crippen LogP contribution in [0.5, 0.6) is 0 Å². The third kappa shape index (κ3) is 3.65. The summed E-state index contributed by atoms with van der Waals surface area (Å²) in [5.74, 6) is 0.954. The molecule has 0 bridgehead atoms. The van der Waals surface area contributed by atoms with Crippen LogP contribution in [0.1, 0.15) is 32.9 Å². The smallest absolute Gasteiger partial charge is 0.214 e. The zero-order valence-corrected chi connectivity index (χ0v) is 14.0. The van der Waals surface area contributed by atoms with E-state index in [9.17, 15) is 0 Å². The van der Waals surface area contributed by atoms with Gasteiger partial charge < -0.3 is 10.4 Å². The van der Waals surface area contributed by atoms with Crippen molar-refractivity contribution in [2.24, 2.45) is 0 Å². The molecule has 0 aliphatic rings. The van der Waals surface area contributed by atoms with Crippen LogP contribution in [0.15, 0.2) is 6.20 Å². The van der Waals surface area contributed by atoms with Crippen LogP contribution in [0.3, 0.4) is 0 Å². The van der Waals surface area contributed by atoms with Gasteiger partial charge in [-0.3, -0.25) is 0 Å². The molecule has 0 fully saturated rings. The number of rotatable bonds is 6. The Bertz CT molecular complexity index is 521. The normalized spacial score (nSPS) is 13.8. The van der Waals surface area contributed by atoms with Crippen molar-refractivity contribution in [3.8, 4) is 0 Å². The van der Waals surface area contributed by atoms with E-state index in [2.05, 4.69) is 42.4 Å². The Morgan fingerprint density at radius 1 is 1.50 bits per heavy atom. The number of imidazole rings is 1. The lowest BCUT2D eigenvalue weighted by Crippen LogP contribution is -2.23. The van der Waals surface area contributed by atoms with E-state index in [0.29, 0.717) is 0 Å². The average Bonchev–Trinajstić information content (AvgIpc) is 2.86. The zero-order valence-electron chi connectivity index (χ0n) is 12.4.